The molecule has 53 heavy (non-hydrogen) atoms. The normalized spacial score (nSPS) is 11.4. The van der Waals surface area contributed by atoms with E-state index in [-0.39, 0.29) is 0 Å². The largest absolute Gasteiger partial charge is 0.310 e. The number of hydrogen-bond acceptors (Lipinski definition) is 1. The highest BCUT2D eigenvalue weighted by molar-refractivity contribution is 6.09. The van der Waals surface area contributed by atoms with Crippen molar-refractivity contribution in [3.8, 4) is 33.4 Å². The van der Waals surface area contributed by atoms with Crippen molar-refractivity contribution in [3.63, 3.8) is 0 Å². The Morgan fingerprint density at radius 3 is 1.34 bits per heavy atom. The van der Waals surface area contributed by atoms with Gasteiger partial charge in [0.05, 0.1) is 0 Å². The van der Waals surface area contributed by atoms with Crippen LogP contribution in [0.25, 0.3) is 76.5 Å². The lowest BCUT2D eigenvalue weighted by molar-refractivity contribution is 1.29. The van der Waals surface area contributed by atoms with E-state index in [0.29, 0.717) is 0 Å². The fraction of sp³-hybridized carbons (Fsp3) is 0. The number of hydrogen-bond donors (Lipinski definition) is 0. The lowest BCUT2D eigenvalue weighted by Gasteiger charge is -2.26. The standard InChI is InChI=1S/C52H35N/c1-2-11-37(12-3-1)49-21-9-16-42-17-10-22-50(52(42)49)40-27-32-44(33-28-40)53(45-34-29-41-24-23-38-14-5-7-19-48(38)51(41)35-45)43-30-25-39(26-31-43)47-20-8-15-36-13-4-6-18-46(36)47/h1-35H. The molecule has 10 aromatic rings. The first-order chi connectivity index (χ1) is 26.3. The molecule has 10 rings (SSSR count). The maximum Gasteiger partial charge on any atom is 0.0468 e. The van der Waals surface area contributed by atoms with E-state index in [0.717, 1.165) is 17.1 Å². The fourth-order valence-electron chi connectivity index (χ4n) is 8.07. The molecular formula is C52H35N. The van der Waals surface area contributed by atoms with Gasteiger partial charge < -0.3 is 4.90 Å². The zero-order chi connectivity index (χ0) is 35.1. The number of fused-ring (bicyclic) bond motifs is 5. The van der Waals surface area contributed by atoms with Gasteiger partial charge in [-0.2, -0.15) is 0 Å². The molecule has 0 saturated carbocycles. The van der Waals surface area contributed by atoms with Gasteiger partial charge in [-0.15, -0.1) is 0 Å². The van der Waals surface area contributed by atoms with Crippen LogP contribution in [0, 0.1) is 0 Å². The minimum absolute atomic E-state index is 1.11. The summed E-state index contributed by atoms with van der Waals surface area (Å²) in [6.45, 7) is 0. The lowest BCUT2D eigenvalue weighted by Crippen LogP contribution is -2.10. The number of rotatable bonds is 6. The van der Waals surface area contributed by atoms with Crippen LogP contribution in [0.15, 0.2) is 212 Å². The first-order valence-electron chi connectivity index (χ1n) is 18.3. The molecule has 10 aromatic carbocycles. The van der Waals surface area contributed by atoms with Crippen molar-refractivity contribution in [3.05, 3.63) is 212 Å². The zero-order valence-electron chi connectivity index (χ0n) is 29.2. The Morgan fingerprint density at radius 2 is 0.679 bits per heavy atom. The van der Waals surface area contributed by atoms with E-state index in [1.165, 1.54) is 76.5 Å². The van der Waals surface area contributed by atoms with Crippen LogP contribution < -0.4 is 4.90 Å². The molecular weight excluding hydrogens is 639 g/mol. The maximum absolute atomic E-state index is 2.39. The summed E-state index contributed by atoms with van der Waals surface area (Å²) in [6, 6.07) is 77.2. The molecule has 0 aromatic heterocycles. The van der Waals surface area contributed by atoms with Crippen LogP contribution in [0.2, 0.25) is 0 Å². The molecule has 0 saturated heterocycles. The highest BCUT2D eigenvalue weighted by Gasteiger charge is 2.16. The first kappa shape index (κ1) is 30.8. The van der Waals surface area contributed by atoms with Gasteiger partial charge >= 0.3 is 0 Å². The Morgan fingerprint density at radius 1 is 0.245 bits per heavy atom. The number of benzene rings is 10. The molecule has 0 amide bonds. The van der Waals surface area contributed by atoms with Gasteiger partial charge in [-0.05, 0) is 113 Å². The van der Waals surface area contributed by atoms with E-state index in [1.54, 1.807) is 0 Å². The van der Waals surface area contributed by atoms with E-state index in [2.05, 4.69) is 217 Å². The van der Waals surface area contributed by atoms with E-state index < -0.39 is 0 Å². The highest BCUT2D eigenvalue weighted by atomic mass is 15.1. The van der Waals surface area contributed by atoms with Crippen LogP contribution >= 0.6 is 0 Å². The summed E-state index contributed by atoms with van der Waals surface area (Å²) >= 11 is 0. The van der Waals surface area contributed by atoms with Crippen LogP contribution in [0.4, 0.5) is 17.1 Å². The first-order valence-corrected chi connectivity index (χ1v) is 18.3. The summed E-state index contributed by atoms with van der Waals surface area (Å²) in [5, 5.41) is 10.0. The number of nitrogens with zero attached hydrogens (tertiary/aromatic N) is 1. The predicted molar refractivity (Wildman–Crippen MR) is 227 cm³/mol. The second-order valence-corrected chi connectivity index (χ2v) is 13.7. The zero-order valence-corrected chi connectivity index (χ0v) is 29.2. The van der Waals surface area contributed by atoms with E-state index >= 15 is 0 Å². The summed E-state index contributed by atoms with van der Waals surface area (Å²) < 4.78 is 0. The minimum Gasteiger partial charge on any atom is -0.310 e. The van der Waals surface area contributed by atoms with Crippen LogP contribution in [-0.2, 0) is 0 Å². The average molecular weight is 674 g/mol. The van der Waals surface area contributed by atoms with Gasteiger partial charge in [-0.25, -0.2) is 0 Å². The topological polar surface area (TPSA) is 3.24 Å². The molecule has 0 fully saturated rings. The Labute approximate surface area is 309 Å². The molecule has 1 heteroatoms. The summed E-state index contributed by atoms with van der Waals surface area (Å²) in [5.74, 6) is 0. The molecule has 0 radical (unpaired) electrons. The van der Waals surface area contributed by atoms with Crippen LogP contribution in [0.5, 0.6) is 0 Å². The maximum atomic E-state index is 2.39. The van der Waals surface area contributed by atoms with Gasteiger partial charge in [-0.3, -0.25) is 0 Å². The Bertz CT molecular complexity index is 2910. The third-order valence-corrected chi connectivity index (χ3v) is 10.6. The Hall–Kier alpha value is -6.96. The Kier molecular flexibility index (Phi) is 7.55. The third-order valence-electron chi connectivity index (χ3n) is 10.6. The second-order valence-electron chi connectivity index (χ2n) is 13.7. The van der Waals surface area contributed by atoms with Crippen molar-refractivity contribution in [1.82, 2.24) is 0 Å². The van der Waals surface area contributed by atoms with Crippen molar-refractivity contribution in [2.45, 2.75) is 0 Å². The molecule has 0 bridgehead atoms. The second kappa shape index (κ2) is 13.0. The number of anilines is 3. The van der Waals surface area contributed by atoms with Gasteiger partial charge in [-0.1, -0.05) is 176 Å². The van der Waals surface area contributed by atoms with E-state index in [4.69, 9.17) is 0 Å². The van der Waals surface area contributed by atoms with Gasteiger partial charge in [0.2, 0.25) is 0 Å². The SMILES string of the molecule is c1ccc(-c2cccc3cccc(-c4ccc(N(c5ccc(-c6cccc7ccccc67)cc5)c5ccc6ccc7ccccc7c6c5)cc4)c23)cc1. The van der Waals surface area contributed by atoms with Crippen molar-refractivity contribution >= 4 is 60.2 Å². The molecule has 0 N–H and O–H groups in total. The van der Waals surface area contributed by atoms with Crippen LogP contribution in [-0.4, -0.2) is 0 Å². The third kappa shape index (κ3) is 5.51. The van der Waals surface area contributed by atoms with Crippen LogP contribution in [0.3, 0.4) is 0 Å². The average Bonchev–Trinajstić information content (AvgIpc) is 3.24. The summed E-state index contributed by atoms with van der Waals surface area (Å²) in [7, 11) is 0. The van der Waals surface area contributed by atoms with Gasteiger partial charge in [0.15, 0.2) is 0 Å². The minimum atomic E-state index is 1.11. The molecule has 0 atom stereocenters. The molecule has 248 valence electrons. The molecule has 0 spiro atoms. The van der Waals surface area contributed by atoms with Crippen molar-refractivity contribution in [2.75, 3.05) is 4.90 Å². The van der Waals surface area contributed by atoms with E-state index in [1.807, 2.05) is 0 Å². The smallest absolute Gasteiger partial charge is 0.0468 e. The molecule has 0 aliphatic heterocycles. The van der Waals surface area contributed by atoms with Crippen LogP contribution in [0.1, 0.15) is 0 Å². The quantitative estimate of drug-likeness (QED) is 0.159. The van der Waals surface area contributed by atoms with Crippen molar-refractivity contribution < 1.29 is 0 Å². The fourth-order valence-corrected chi connectivity index (χ4v) is 8.07. The molecule has 0 unspecified atom stereocenters. The van der Waals surface area contributed by atoms with E-state index in [9.17, 15) is 0 Å². The molecule has 0 aliphatic carbocycles. The van der Waals surface area contributed by atoms with Gasteiger partial charge in [0, 0.05) is 17.1 Å². The molecule has 0 heterocycles. The van der Waals surface area contributed by atoms with Crippen molar-refractivity contribution in [1.29, 1.82) is 0 Å². The predicted octanol–water partition coefficient (Wildman–Crippen LogP) is 14.8. The monoisotopic (exact) mass is 673 g/mol. The van der Waals surface area contributed by atoms with Crippen molar-refractivity contribution in [2.24, 2.45) is 0 Å². The molecule has 0 aliphatic rings. The Balaban J connectivity index is 1.11. The van der Waals surface area contributed by atoms with Gasteiger partial charge in [0.25, 0.3) is 0 Å². The summed E-state index contributed by atoms with van der Waals surface area (Å²) in [5.41, 5.74) is 10.7. The highest BCUT2D eigenvalue weighted by Crippen LogP contribution is 2.41. The lowest BCUT2D eigenvalue weighted by atomic mass is 9.91. The summed E-state index contributed by atoms with van der Waals surface area (Å²) in [6.07, 6.45) is 0. The molecule has 1 nitrogen and oxygen atoms in total. The summed E-state index contributed by atoms with van der Waals surface area (Å²) in [4.78, 5) is 2.39. The van der Waals surface area contributed by atoms with Gasteiger partial charge in [0.1, 0.15) is 0 Å².